The lowest BCUT2D eigenvalue weighted by Crippen LogP contribution is -2.04. The average Bonchev–Trinajstić information content (AvgIpc) is 2.90. The second-order valence-electron chi connectivity index (χ2n) is 6.53. The number of nitrogens with zero attached hydrogens (tertiary/aromatic N) is 2. The number of aromatic nitrogens is 1. The molecule has 5 nitrogen and oxygen atoms in total. The topological polar surface area (TPSA) is 63.8 Å². The van der Waals surface area contributed by atoms with E-state index in [0.717, 1.165) is 41.7 Å². The first-order valence-electron chi connectivity index (χ1n) is 9.01. The number of hydrogen-bond donors (Lipinski definition) is 1. The van der Waals surface area contributed by atoms with Gasteiger partial charge in [-0.3, -0.25) is 0 Å². The first kappa shape index (κ1) is 18.0. The van der Waals surface area contributed by atoms with E-state index in [1.165, 1.54) is 0 Å². The zero-order valence-electron chi connectivity index (χ0n) is 15.2. The molecular weight excluding hydrogens is 328 g/mol. The normalized spacial score (nSPS) is 11.0. The van der Waals surface area contributed by atoms with Crippen LogP contribution in [0.5, 0.6) is 11.6 Å². The van der Waals surface area contributed by atoms with Crippen molar-refractivity contribution in [3.63, 3.8) is 0 Å². The second-order valence-corrected chi connectivity index (χ2v) is 6.53. The maximum Gasteiger partial charge on any atom is 0.222 e. The zero-order valence-corrected chi connectivity index (χ0v) is 15.2. The molecule has 3 aromatic rings. The van der Waals surface area contributed by atoms with E-state index >= 15 is 0 Å². The van der Waals surface area contributed by atoms with E-state index in [0.29, 0.717) is 18.5 Å². The Hall–Kier alpha value is -2.82. The molecule has 1 N–H and O–H groups in total. The maximum atomic E-state index is 11.2. The maximum absolute atomic E-state index is 11.2. The van der Waals surface area contributed by atoms with E-state index in [4.69, 9.17) is 4.74 Å². The van der Waals surface area contributed by atoms with E-state index in [1.54, 1.807) is 4.57 Å². The lowest BCUT2D eigenvalue weighted by Gasteiger charge is -2.13. The molecule has 0 saturated heterocycles. The summed E-state index contributed by atoms with van der Waals surface area (Å²) in [5, 5.41) is 14.2. The van der Waals surface area contributed by atoms with Crippen molar-refractivity contribution >= 4 is 16.6 Å². The van der Waals surface area contributed by atoms with Crippen LogP contribution in [-0.4, -0.2) is 16.3 Å². The summed E-state index contributed by atoms with van der Waals surface area (Å²) in [5.74, 6) is 0.693. The van der Waals surface area contributed by atoms with Gasteiger partial charge < -0.3 is 14.4 Å². The largest absolute Gasteiger partial charge is 0.493 e. The average molecular weight is 352 g/mol. The van der Waals surface area contributed by atoms with E-state index in [-0.39, 0.29) is 11.6 Å². The predicted octanol–water partition coefficient (Wildman–Crippen LogP) is 5.67. The van der Waals surface area contributed by atoms with Crippen LogP contribution >= 0.6 is 0 Å². The van der Waals surface area contributed by atoms with E-state index < -0.39 is 0 Å². The Bertz CT molecular complexity index is 915. The van der Waals surface area contributed by atoms with Crippen LogP contribution in [0.3, 0.4) is 0 Å². The number of unbranched alkanes of at least 4 members (excludes halogenated alkanes) is 2. The lowest BCUT2D eigenvalue weighted by atomic mass is 10.1. The molecule has 5 heteroatoms. The summed E-state index contributed by atoms with van der Waals surface area (Å²) >= 11 is 0. The van der Waals surface area contributed by atoms with Crippen molar-refractivity contribution in [3.8, 4) is 11.6 Å². The third kappa shape index (κ3) is 3.57. The fourth-order valence-corrected chi connectivity index (χ4v) is 3.17. The quantitative estimate of drug-likeness (QED) is 0.419. The SMILES string of the molecule is CCCCCOc1ccccc1Cn1c(O)c(N=O)c2cc(C)ccc21. The molecule has 0 atom stereocenters. The highest BCUT2D eigenvalue weighted by atomic mass is 16.5. The monoisotopic (exact) mass is 352 g/mol. The Morgan fingerprint density at radius 3 is 2.73 bits per heavy atom. The predicted molar refractivity (Wildman–Crippen MR) is 104 cm³/mol. The number of ether oxygens (including phenoxy) is 1. The zero-order chi connectivity index (χ0) is 18.5. The standard InChI is InChI=1S/C21H24N2O3/c1-3-4-7-12-26-19-9-6-5-8-16(19)14-23-18-11-10-15(2)13-17(18)20(22-25)21(23)24/h5-6,8-11,13,24H,3-4,7,12,14H2,1-2H3. The minimum absolute atomic E-state index is 0.0880. The van der Waals surface area contributed by atoms with Crippen LogP contribution in [0, 0.1) is 11.8 Å². The van der Waals surface area contributed by atoms with Crippen molar-refractivity contribution < 1.29 is 9.84 Å². The van der Waals surface area contributed by atoms with Crippen LogP contribution in [0.25, 0.3) is 10.9 Å². The van der Waals surface area contributed by atoms with Crippen LogP contribution < -0.4 is 4.74 Å². The summed E-state index contributed by atoms with van der Waals surface area (Å²) in [6.07, 6.45) is 3.30. The summed E-state index contributed by atoms with van der Waals surface area (Å²) in [7, 11) is 0. The Morgan fingerprint density at radius 2 is 1.96 bits per heavy atom. The van der Waals surface area contributed by atoms with Gasteiger partial charge in [0.05, 0.1) is 18.7 Å². The van der Waals surface area contributed by atoms with Gasteiger partial charge in [-0.25, -0.2) is 0 Å². The van der Waals surface area contributed by atoms with Crippen LogP contribution in [0.2, 0.25) is 0 Å². The smallest absolute Gasteiger partial charge is 0.222 e. The molecule has 0 amide bonds. The van der Waals surface area contributed by atoms with Crippen molar-refractivity contribution in [1.82, 2.24) is 4.57 Å². The molecule has 3 rings (SSSR count). The molecule has 0 aliphatic rings. The molecular formula is C21H24N2O3. The van der Waals surface area contributed by atoms with Gasteiger partial charge in [0.25, 0.3) is 0 Å². The van der Waals surface area contributed by atoms with Gasteiger partial charge in [-0.1, -0.05) is 49.6 Å². The van der Waals surface area contributed by atoms with Crippen molar-refractivity contribution in [1.29, 1.82) is 0 Å². The van der Waals surface area contributed by atoms with Crippen LogP contribution in [0.4, 0.5) is 5.69 Å². The number of fused-ring (bicyclic) bond motifs is 1. The van der Waals surface area contributed by atoms with Gasteiger partial charge >= 0.3 is 0 Å². The number of aryl methyl sites for hydroxylation is 1. The number of benzene rings is 2. The van der Waals surface area contributed by atoms with Crippen molar-refractivity contribution in [2.75, 3.05) is 6.61 Å². The molecule has 0 aliphatic heterocycles. The van der Waals surface area contributed by atoms with Crippen molar-refractivity contribution in [2.24, 2.45) is 5.18 Å². The molecule has 1 heterocycles. The van der Waals surface area contributed by atoms with Gasteiger partial charge in [-0.05, 0) is 36.7 Å². The Balaban J connectivity index is 1.95. The van der Waals surface area contributed by atoms with Crippen LogP contribution in [0.1, 0.15) is 37.3 Å². The molecule has 1 aromatic heterocycles. The third-order valence-electron chi connectivity index (χ3n) is 4.56. The minimum Gasteiger partial charge on any atom is -0.493 e. The Labute approximate surface area is 153 Å². The first-order chi connectivity index (χ1) is 12.7. The van der Waals surface area contributed by atoms with Gasteiger partial charge in [-0.15, -0.1) is 4.91 Å². The Morgan fingerprint density at radius 1 is 1.15 bits per heavy atom. The molecule has 0 radical (unpaired) electrons. The summed E-state index contributed by atoms with van der Waals surface area (Å²) in [5.41, 5.74) is 2.84. The minimum atomic E-state index is -0.110. The molecule has 0 spiro atoms. The molecule has 0 fully saturated rings. The van der Waals surface area contributed by atoms with Crippen LogP contribution in [0.15, 0.2) is 47.6 Å². The van der Waals surface area contributed by atoms with Gasteiger partial charge in [-0.2, -0.15) is 0 Å². The number of hydrogen-bond acceptors (Lipinski definition) is 4. The van der Waals surface area contributed by atoms with Crippen LogP contribution in [-0.2, 0) is 6.54 Å². The molecule has 0 saturated carbocycles. The summed E-state index contributed by atoms with van der Waals surface area (Å²) in [4.78, 5) is 11.2. The third-order valence-corrected chi connectivity index (χ3v) is 4.56. The summed E-state index contributed by atoms with van der Waals surface area (Å²) in [6, 6.07) is 13.5. The summed E-state index contributed by atoms with van der Waals surface area (Å²) in [6.45, 7) is 5.19. The number of para-hydroxylation sites is 1. The fourth-order valence-electron chi connectivity index (χ4n) is 3.17. The van der Waals surface area contributed by atoms with Gasteiger partial charge in [0.1, 0.15) is 5.75 Å². The lowest BCUT2D eigenvalue weighted by molar-refractivity contribution is 0.302. The van der Waals surface area contributed by atoms with Gasteiger partial charge in [0.15, 0.2) is 5.69 Å². The highest BCUT2D eigenvalue weighted by molar-refractivity contribution is 5.95. The number of rotatable bonds is 8. The second kappa shape index (κ2) is 8.04. The number of nitroso groups, excluding NO2 is 1. The summed E-state index contributed by atoms with van der Waals surface area (Å²) < 4.78 is 7.64. The van der Waals surface area contributed by atoms with Crippen molar-refractivity contribution in [3.05, 3.63) is 58.5 Å². The van der Waals surface area contributed by atoms with Gasteiger partial charge in [0.2, 0.25) is 5.88 Å². The molecule has 0 unspecified atom stereocenters. The van der Waals surface area contributed by atoms with E-state index in [2.05, 4.69) is 12.1 Å². The van der Waals surface area contributed by atoms with Gasteiger partial charge in [0, 0.05) is 10.9 Å². The fraction of sp³-hybridized carbons (Fsp3) is 0.333. The molecule has 0 aliphatic carbocycles. The molecule has 26 heavy (non-hydrogen) atoms. The number of aromatic hydroxyl groups is 1. The highest BCUT2D eigenvalue weighted by Gasteiger charge is 2.18. The molecule has 136 valence electrons. The van der Waals surface area contributed by atoms with E-state index in [9.17, 15) is 10.0 Å². The Kier molecular flexibility index (Phi) is 5.56. The first-order valence-corrected chi connectivity index (χ1v) is 9.01. The molecule has 2 aromatic carbocycles. The van der Waals surface area contributed by atoms with E-state index in [1.807, 2.05) is 49.4 Å². The van der Waals surface area contributed by atoms with Crippen molar-refractivity contribution in [2.45, 2.75) is 39.7 Å². The highest BCUT2D eigenvalue weighted by Crippen LogP contribution is 2.39. The molecule has 0 bridgehead atoms.